The van der Waals surface area contributed by atoms with Gasteiger partial charge in [0, 0.05) is 38.6 Å². The summed E-state index contributed by atoms with van der Waals surface area (Å²) >= 11 is 0. The molecule has 1 spiro atoms. The summed E-state index contributed by atoms with van der Waals surface area (Å²) in [5.41, 5.74) is 8.92. The summed E-state index contributed by atoms with van der Waals surface area (Å²) in [6.07, 6.45) is 7.01. The molecule has 9 rings (SSSR count). The topological polar surface area (TPSA) is 130 Å². The van der Waals surface area contributed by atoms with Crippen LogP contribution in [0, 0.1) is 10.8 Å². The maximum absolute atomic E-state index is 12.0. The quantitative estimate of drug-likeness (QED) is 0.0805. The number of aliphatic carboxylic acids is 1. The number of carboxylic acid groups (broad SMARTS) is 1. The average Bonchev–Trinajstić information content (AvgIpc) is 3.58. The molecule has 1 saturated carbocycles. The summed E-state index contributed by atoms with van der Waals surface area (Å²) in [5.74, 6) is 1.68. The lowest BCUT2D eigenvalue weighted by Gasteiger charge is -2.52. The van der Waals surface area contributed by atoms with Gasteiger partial charge in [-0.2, -0.15) is 0 Å². The van der Waals surface area contributed by atoms with E-state index >= 15 is 0 Å². The molecule has 346 valence electrons. The Bertz CT molecular complexity index is 2890. The van der Waals surface area contributed by atoms with Crippen molar-refractivity contribution >= 4 is 28.8 Å². The molecule has 2 N–H and O–H groups in total. The Hall–Kier alpha value is -6.78. The first-order chi connectivity index (χ1) is 32.1. The molecule has 6 aromatic rings. The van der Waals surface area contributed by atoms with Crippen LogP contribution in [0.2, 0.25) is 0 Å². The molecule has 2 aliphatic carbocycles. The van der Waals surface area contributed by atoms with Crippen molar-refractivity contribution < 1.29 is 48.2 Å². The second-order valence-corrected chi connectivity index (χ2v) is 19.7. The summed E-state index contributed by atoms with van der Waals surface area (Å²) in [6, 6.07) is 34.8. The Morgan fingerprint density at radius 1 is 0.672 bits per heavy atom. The highest BCUT2D eigenvalue weighted by Crippen LogP contribution is 2.67. The van der Waals surface area contributed by atoms with Crippen molar-refractivity contribution in [2.24, 2.45) is 10.8 Å². The Morgan fingerprint density at radius 3 is 1.97 bits per heavy atom. The van der Waals surface area contributed by atoms with E-state index < -0.39 is 17.5 Å². The van der Waals surface area contributed by atoms with Gasteiger partial charge in [-0.1, -0.05) is 94.4 Å². The van der Waals surface area contributed by atoms with E-state index in [4.69, 9.17) is 33.5 Å². The zero-order valence-electron chi connectivity index (χ0n) is 39.3. The third-order valence-electron chi connectivity index (χ3n) is 13.8. The monoisotopic (exact) mass is 902 g/mol. The highest BCUT2D eigenvalue weighted by atomic mass is 16.6. The molecule has 67 heavy (non-hydrogen) atoms. The van der Waals surface area contributed by atoms with Gasteiger partial charge in [0.1, 0.15) is 42.0 Å². The molecular weight excluding hydrogens is 845 g/mol. The molecular formula is C57H58O10. The van der Waals surface area contributed by atoms with Gasteiger partial charge in [0.2, 0.25) is 0 Å². The molecule has 1 heterocycles. The number of benzene rings is 6. The van der Waals surface area contributed by atoms with Gasteiger partial charge in [0.15, 0.2) is 5.60 Å². The maximum Gasteiger partial charge on any atom is 0.306 e. The molecule has 0 amide bonds. The van der Waals surface area contributed by atoms with Crippen molar-refractivity contribution in [2.45, 2.75) is 77.4 Å². The normalized spacial score (nSPS) is 18.0. The van der Waals surface area contributed by atoms with Gasteiger partial charge in [-0.3, -0.25) is 9.59 Å². The zero-order valence-corrected chi connectivity index (χ0v) is 39.3. The van der Waals surface area contributed by atoms with Crippen LogP contribution in [-0.2, 0) is 31.9 Å². The number of aliphatic hydroxyl groups is 1. The van der Waals surface area contributed by atoms with Crippen molar-refractivity contribution in [3.8, 4) is 51.0 Å². The number of methoxy groups -OCH3 is 3. The van der Waals surface area contributed by atoms with E-state index in [1.54, 1.807) is 21.3 Å². The predicted octanol–water partition coefficient (Wildman–Crippen LogP) is 11.7. The minimum Gasteiger partial charge on any atom is -0.497 e. The van der Waals surface area contributed by atoms with Gasteiger partial charge in [-0.05, 0) is 112 Å². The molecule has 3 aliphatic rings. The maximum atomic E-state index is 12.0. The number of carbonyl (C=O) groups is 2. The molecule has 6 aromatic carbocycles. The summed E-state index contributed by atoms with van der Waals surface area (Å²) in [4.78, 5) is 22.9. The summed E-state index contributed by atoms with van der Waals surface area (Å²) in [5, 5.41) is 20.9. The van der Waals surface area contributed by atoms with Crippen LogP contribution in [0.5, 0.6) is 28.7 Å². The van der Waals surface area contributed by atoms with Crippen LogP contribution in [0.1, 0.15) is 93.2 Å². The van der Waals surface area contributed by atoms with Crippen molar-refractivity contribution in [1.82, 2.24) is 0 Å². The van der Waals surface area contributed by atoms with Crippen LogP contribution < -0.4 is 23.7 Å². The number of carbonyl (C=O) groups excluding carboxylic acids is 1. The van der Waals surface area contributed by atoms with Crippen LogP contribution in [0.15, 0.2) is 109 Å². The Kier molecular flexibility index (Phi) is 11.8. The molecule has 0 radical (unpaired) electrons. The third kappa shape index (κ3) is 8.15. The number of aliphatic hydroxyl groups excluding tert-OH is 1. The lowest BCUT2D eigenvalue weighted by atomic mass is 9.52. The number of ether oxygens (including phenoxy) is 6. The first-order valence-electron chi connectivity index (χ1n) is 22.9. The molecule has 10 heteroatoms. The lowest BCUT2D eigenvalue weighted by Crippen LogP contribution is -2.44. The summed E-state index contributed by atoms with van der Waals surface area (Å²) in [7, 11) is 4.99. The van der Waals surface area contributed by atoms with Crippen molar-refractivity contribution in [3.63, 3.8) is 0 Å². The van der Waals surface area contributed by atoms with Crippen molar-refractivity contribution in [3.05, 3.63) is 143 Å². The molecule has 1 unspecified atom stereocenters. The van der Waals surface area contributed by atoms with Crippen molar-refractivity contribution in [1.29, 1.82) is 0 Å². The predicted molar refractivity (Wildman–Crippen MR) is 259 cm³/mol. The fraction of sp³-hybridized carbons (Fsp3) is 0.333. The number of rotatable bonds is 14. The average molecular weight is 903 g/mol. The second kappa shape index (κ2) is 17.5. The van der Waals surface area contributed by atoms with Gasteiger partial charge in [-0.15, -0.1) is 0 Å². The smallest absolute Gasteiger partial charge is 0.306 e. The largest absolute Gasteiger partial charge is 0.497 e. The third-order valence-corrected chi connectivity index (χ3v) is 13.8. The Balaban J connectivity index is 1.26. The van der Waals surface area contributed by atoms with E-state index in [0.29, 0.717) is 17.2 Å². The molecule has 0 bridgehead atoms. The number of hydrogen-bond acceptors (Lipinski definition) is 9. The van der Waals surface area contributed by atoms with E-state index in [2.05, 4.69) is 76.2 Å². The molecule has 10 nitrogen and oxygen atoms in total. The highest BCUT2D eigenvalue weighted by molar-refractivity contribution is 6.11. The highest BCUT2D eigenvalue weighted by Gasteiger charge is 2.55. The Morgan fingerprint density at radius 2 is 1.33 bits per heavy atom. The van der Waals surface area contributed by atoms with Crippen molar-refractivity contribution in [2.75, 3.05) is 34.5 Å². The van der Waals surface area contributed by atoms with Gasteiger partial charge in [0.25, 0.3) is 0 Å². The molecule has 1 aliphatic heterocycles. The van der Waals surface area contributed by atoms with E-state index in [1.807, 2.05) is 66.7 Å². The fourth-order valence-electron chi connectivity index (χ4n) is 11.8. The van der Waals surface area contributed by atoms with Gasteiger partial charge in [0.05, 0.1) is 40.8 Å². The zero-order chi connectivity index (χ0) is 47.3. The lowest BCUT2D eigenvalue weighted by molar-refractivity contribution is -0.148. The minimum absolute atomic E-state index is 0.0122. The first kappa shape index (κ1) is 45.4. The van der Waals surface area contributed by atoms with E-state index in [0.717, 1.165) is 74.9 Å². The second-order valence-electron chi connectivity index (χ2n) is 19.7. The van der Waals surface area contributed by atoms with Crippen LogP contribution in [0.25, 0.3) is 39.1 Å². The Labute approximate surface area is 392 Å². The minimum atomic E-state index is -1.11. The number of hydrogen-bond donors (Lipinski definition) is 2. The molecule has 1 fully saturated rings. The van der Waals surface area contributed by atoms with E-state index in [9.17, 15) is 14.7 Å². The van der Waals surface area contributed by atoms with Gasteiger partial charge in [-0.25, -0.2) is 0 Å². The SMILES string of the molecule is COc1ccc(C2(c3ccc(OCCOC(=O)CCC(=O)O)cc3)C=Cc3c4c(c5cc(-c6ccc(CO)cc6OC)c(OC)cc5c3O2)-c2ccccc2C42CC(C)(C)CC(C)(C)C2)cc1. The summed E-state index contributed by atoms with van der Waals surface area (Å²) in [6.45, 7) is 9.64. The summed E-state index contributed by atoms with van der Waals surface area (Å²) < 4.78 is 36.8. The molecule has 0 aromatic heterocycles. The van der Waals surface area contributed by atoms with E-state index in [-0.39, 0.29) is 48.9 Å². The van der Waals surface area contributed by atoms with Crippen LogP contribution in [-0.4, -0.2) is 56.7 Å². The van der Waals surface area contributed by atoms with Gasteiger partial charge >= 0.3 is 11.9 Å². The fourth-order valence-corrected chi connectivity index (χ4v) is 11.8. The van der Waals surface area contributed by atoms with E-state index in [1.165, 1.54) is 22.3 Å². The van der Waals surface area contributed by atoms with Crippen LogP contribution in [0.3, 0.4) is 0 Å². The van der Waals surface area contributed by atoms with Crippen LogP contribution in [0.4, 0.5) is 0 Å². The molecule has 0 saturated heterocycles. The standard InChI is InChI=1S/C57H58O10/c1-54(2)32-55(3,4)34-56(33-54)46-11-9-8-10-41(46)51-44-29-43(40-21-12-35(31-58)28-47(40)63-6)48(64-7)30-45(44)53-42(52(51)56)24-25-57(67-53,36-13-17-38(62-5)18-14-36)37-15-19-39(20-16-37)65-26-27-66-50(61)23-22-49(59)60/h8-21,24-25,28-30,58H,22-23,26-27,31-34H2,1-7H3,(H,59,60). The number of esters is 1. The molecule has 1 atom stereocenters. The first-order valence-corrected chi connectivity index (χ1v) is 22.9. The van der Waals surface area contributed by atoms with Crippen LogP contribution >= 0.6 is 0 Å². The number of fused-ring (bicyclic) bond motifs is 10. The number of carboxylic acids is 1. The van der Waals surface area contributed by atoms with Gasteiger partial charge < -0.3 is 38.6 Å².